The Morgan fingerprint density at radius 3 is 2.67 bits per heavy atom. The van der Waals surface area contributed by atoms with Gasteiger partial charge in [0.05, 0.1) is 18.2 Å². The summed E-state index contributed by atoms with van der Waals surface area (Å²) < 4.78 is 4.97. The van der Waals surface area contributed by atoms with E-state index in [1.165, 1.54) is 18.3 Å². The normalized spacial score (nSPS) is 11.9. The molecule has 1 amide bonds. The highest BCUT2D eigenvalue weighted by molar-refractivity contribution is 5.95. The number of carbonyl (C=O) groups is 2. The molecular weight excluding hydrogens is 236 g/mol. The van der Waals surface area contributed by atoms with E-state index in [0.717, 1.165) is 6.42 Å². The van der Waals surface area contributed by atoms with E-state index >= 15 is 0 Å². The van der Waals surface area contributed by atoms with Crippen LogP contribution in [-0.2, 0) is 4.74 Å². The first-order valence-corrected chi connectivity index (χ1v) is 5.57. The van der Waals surface area contributed by atoms with Gasteiger partial charge < -0.3 is 15.2 Å². The van der Waals surface area contributed by atoms with Crippen LogP contribution in [0.5, 0.6) is 0 Å². The Labute approximate surface area is 105 Å². The van der Waals surface area contributed by atoms with Crippen LogP contribution in [0.25, 0.3) is 0 Å². The molecule has 0 fully saturated rings. The number of nitrogens with zero attached hydrogens (tertiary/aromatic N) is 1. The first-order chi connectivity index (χ1) is 8.58. The summed E-state index contributed by atoms with van der Waals surface area (Å²) in [6.07, 6.45) is 2.00. The number of ether oxygens (including phenoxy) is 1. The lowest BCUT2D eigenvalue weighted by molar-refractivity contribution is 0.0689. The fourth-order valence-electron chi connectivity index (χ4n) is 1.39. The van der Waals surface area contributed by atoms with Gasteiger partial charge in [-0.2, -0.15) is 0 Å². The lowest BCUT2D eigenvalue weighted by Gasteiger charge is -2.15. The molecule has 1 atom stereocenters. The molecular formula is C12H16N2O4. The number of aromatic carboxylic acids is 1. The van der Waals surface area contributed by atoms with E-state index < -0.39 is 5.97 Å². The fourth-order valence-corrected chi connectivity index (χ4v) is 1.39. The summed E-state index contributed by atoms with van der Waals surface area (Å²) in [4.78, 5) is 26.1. The molecule has 0 aliphatic rings. The Kier molecular flexibility index (Phi) is 5.26. The number of amides is 1. The van der Waals surface area contributed by atoms with Crippen LogP contribution < -0.4 is 5.32 Å². The van der Waals surface area contributed by atoms with Gasteiger partial charge in [0, 0.05) is 13.3 Å². The van der Waals surface area contributed by atoms with Gasteiger partial charge in [0.25, 0.3) is 5.91 Å². The molecule has 1 heterocycles. The topological polar surface area (TPSA) is 88.5 Å². The quantitative estimate of drug-likeness (QED) is 0.786. The minimum absolute atomic E-state index is 0.0679. The smallest absolute Gasteiger partial charge is 0.354 e. The first-order valence-electron chi connectivity index (χ1n) is 5.57. The molecule has 2 N–H and O–H groups in total. The first kappa shape index (κ1) is 14.1. The molecule has 6 heteroatoms. The number of carboxylic acids is 1. The second-order valence-electron chi connectivity index (χ2n) is 3.77. The van der Waals surface area contributed by atoms with Gasteiger partial charge in [-0.15, -0.1) is 0 Å². The summed E-state index contributed by atoms with van der Waals surface area (Å²) >= 11 is 0. The number of hydrogen-bond donors (Lipinski definition) is 2. The van der Waals surface area contributed by atoms with E-state index in [0.29, 0.717) is 12.2 Å². The van der Waals surface area contributed by atoms with Crippen LogP contribution >= 0.6 is 0 Å². The third kappa shape index (κ3) is 3.81. The summed E-state index contributed by atoms with van der Waals surface area (Å²) in [5.74, 6) is -1.41. The van der Waals surface area contributed by atoms with Crippen molar-refractivity contribution >= 4 is 11.9 Å². The number of hydrogen-bond acceptors (Lipinski definition) is 4. The van der Waals surface area contributed by atoms with Crippen LogP contribution in [0.1, 0.15) is 34.2 Å². The Bertz CT molecular complexity index is 417. The maximum Gasteiger partial charge on any atom is 0.354 e. The minimum atomic E-state index is -1.12. The van der Waals surface area contributed by atoms with E-state index in [1.807, 2.05) is 6.92 Å². The van der Waals surface area contributed by atoms with Gasteiger partial charge in [-0.3, -0.25) is 4.79 Å². The Balaban J connectivity index is 2.69. The number of pyridine rings is 1. The molecule has 1 unspecified atom stereocenters. The molecule has 6 nitrogen and oxygen atoms in total. The van der Waals surface area contributed by atoms with Crippen molar-refractivity contribution in [2.75, 3.05) is 13.7 Å². The van der Waals surface area contributed by atoms with Gasteiger partial charge in [-0.1, -0.05) is 6.92 Å². The summed E-state index contributed by atoms with van der Waals surface area (Å²) in [5.41, 5.74) is 0.241. The molecule has 0 radical (unpaired) electrons. The number of carbonyl (C=O) groups excluding carboxylic acids is 1. The molecule has 0 aliphatic heterocycles. The van der Waals surface area contributed by atoms with E-state index in [2.05, 4.69) is 10.3 Å². The molecule has 0 aliphatic carbocycles. The van der Waals surface area contributed by atoms with Crippen LogP contribution in [0, 0.1) is 0 Å². The number of aromatic nitrogens is 1. The van der Waals surface area contributed by atoms with Gasteiger partial charge in [0.15, 0.2) is 0 Å². The molecule has 0 saturated heterocycles. The van der Waals surface area contributed by atoms with Crippen LogP contribution in [-0.4, -0.2) is 41.7 Å². The Morgan fingerprint density at radius 1 is 1.50 bits per heavy atom. The highest BCUT2D eigenvalue weighted by Crippen LogP contribution is 2.02. The summed E-state index contributed by atoms with van der Waals surface area (Å²) in [6.45, 7) is 2.37. The third-order valence-corrected chi connectivity index (χ3v) is 2.44. The maximum absolute atomic E-state index is 11.8. The standard InChI is InChI=1S/C12H16N2O4/c1-3-9(7-18-2)14-11(15)8-4-5-10(12(16)17)13-6-8/h4-6,9H,3,7H2,1-2H3,(H,14,15)(H,16,17). The van der Waals surface area contributed by atoms with Gasteiger partial charge in [0.2, 0.25) is 0 Å². The molecule has 1 rings (SSSR count). The highest BCUT2D eigenvalue weighted by atomic mass is 16.5. The summed E-state index contributed by atoms with van der Waals surface area (Å²) in [6, 6.07) is 2.67. The predicted molar refractivity (Wildman–Crippen MR) is 64.6 cm³/mol. The van der Waals surface area contributed by atoms with E-state index in [4.69, 9.17) is 9.84 Å². The second-order valence-corrected chi connectivity index (χ2v) is 3.77. The van der Waals surface area contributed by atoms with Crippen LogP contribution in [0.15, 0.2) is 18.3 Å². The third-order valence-electron chi connectivity index (χ3n) is 2.44. The molecule has 0 aromatic carbocycles. The maximum atomic E-state index is 11.8. The van der Waals surface area contributed by atoms with Crippen molar-refractivity contribution in [1.29, 1.82) is 0 Å². The van der Waals surface area contributed by atoms with Crippen molar-refractivity contribution in [3.8, 4) is 0 Å². The Hall–Kier alpha value is -1.95. The van der Waals surface area contributed by atoms with Gasteiger partial charge in [-0.05, 0) is 18.6 Å². The van der Waals surface area contributed by atoms with Crippen molar-refractivity contribution in [3.63, 3.8) is 0 Å². The average Bonchev–Trinajstić information content (AvgIpc) is 2.38. The zero-order valence-electron chi connectivity index (χ0n) is 10.3. The zero-order valence-corrected chi connectivity index (χ0v) is 10.3. The number of nitrogens with one attached hydrogen (secondary N) is 1. The Morgan fingerprint density at radius 2 is 2.22 bits per heavy atom. The molecule has 98 valence electrons. The average molecular weight is 252 g/mol. The summed E-state index contributed by atoms with van der Waals surface area (Å²) in [5, 5.41) is 11.5. The number of carboxylic acid groups (broad SMARTS) is 1. The van der Waals surface area contributed by atoms with Crippen molar-refractivity contribution in [2.24, 2.45) is 0 Å². The number of rotatable bonds is 6. The van der Waals surface area contributed by atoms with E-state index in [9.17, 15) is 9.59 Å². The zero-order chi connectivity index (χ0) is 13.5. The molecule has 0 spiro atoms. The minimum Gasteiger partial charge on any atom is -0.477 e. The van der Waals surface area contributed by atoms with Crippen molar-refractivity contribution in [2.45, 2.75) is 19.4 Å². The van der Waals surface area contributed by atoms with Crippen LogP contribution in [0.4, 0.5) is 0 Å². The van der Waals surface area contributed by atoms with Crippen molar-refractivity contribution in [1.82, 2.24) is 10.3 Å². The van der Waals surface area contributed by atoms with Crippen molar-refractivity contribution in [3.05, 3.63) is 29.6 Å². The fraction of sp³-hybridized carbons (Fsp3) is 0.417. The van der Waals surface area contributed by atoms with Crippen LogP contribution in [0.2, 0.25) is 0 Å². The van der Waals surface area contributed by atoms with Gasteiger partial charge >= 0.3 is 5.97 Å². The monoisotopic (exact) mass is 252 g/mol. The predicted octanol–water partition coefficient (Wildman–Crippen LogP) is 0.935. The largest absolute Gasteiger partial charge is 0.477 e. The van der Waals surface area contributed by atoms with Gasteiger partial charge in [0.1, 0.15) is 5.69 Å². The second kappa shape index (κ2) is 6.70. The summed E-state index contributed by atoms with van der Waals surface area (Å²) in [7, 11) is 1.57. The SMILES string of the molecule is CCC(COC)NC(=O)c1ccc(C(=O)O)nc1. The highest BCUT2D eigenvalue weighted by Gasteiger charge is 2.13. The van der Waals surface area contributed by atoms with E-state index in [1.54, 1.807) is 7.11 Å². The van der Waals surface area contributed by atoms with Gasteiger partial charge in [-0.25, -0.2) is 9.78 Å². The number of methoxy groups -OCH3 is 1. The van der Waals surface area contributed by atoms with Crippen LogP contribution in [0.3, 0.4) is 0 Å². The molecule has 1 aromatic rings. The lowest BCUT2D eigenvalue weighted by atomic mass is 10.2. The van der Waals surface area contributed by atoms with E-state index in [-0.39, 0.29) is 17.6 Å². The van der Waals surface area contributed by atoms with Crippen molar-refractivity contribution < 1.29 is 19.4 Å². The molecule has 0 saturated carbocycles. The molecule has 0 bridgehead atoms. The molecule has 1 aromatic heterocycles. The lowest BCUT2D eigenvalue weighted by Crippen LogP contribution is -2.37. The molecule has 18 heavy (non-hydrogen) atoms.